The standard InChI is InChI=1S/C21H27NO/c1-3-5-16-22(17-6-4-2)20-14-12-19(13-15-20)21(23)18-10-8-7-9-11-18/h7-15H,3-6,16-17H2,1-2H3. The molecule has 2 aromatic rings. The molecule has 0 unspecified atom stereocenters. The highest BCUT2D eigenvalue weighted by atomic mass is 16.1. The maximum atomic E-state index is 12.5. The molecule has 0 saturated heterocycles. The number of anilines is 1. The highest BCUT2D eigenvalue weighted by Gasteiger charge is 2.10. The predicted molar refractivity (Wildman–Crippen MR) is 98.3 cm³/mol. The smallest absolute Gasteiger partial charge is 0.193 e. The molecule has 2 nitrogen and oxygen atoms in total. The fourth-order valence-electron chi connectivity index (χ4n) is 2.65. The molecular formula is C21H27NO. The van der Waals surface area contributed by atoms with E-state index in [0.29, 0.717) is 0 Å². The molecule has 0 aromatic heterocycles. The van der Waals surface area contributed by atoms with Gasteiger partial charge in [-0.2, -0.15) is 0 Å². The highest BCUT2D eigenvalue weighted by molar-refractivity contribution is 6.09. The van der Waals surface area contributed by atoms with Crippen LogP contribution in [0.5, 0.6) is 0 Å². The topological polar surface area (TPSA) is 20.3 Å². The van der Waals surface area contributed by atoms with Gasteiger partial charge in [-0.05, 0) is 37.1 Å². The van der Waals surface area contributed by atoms with Gasteiger partial charge in [0.15, 0.2) is 5.78 Å². The Morgan fingerprint density at radius 1 is 0.783 bits per heavy atom. The van der Waals surface area contributed by atoms with Crippen LogP contribution in [-0.4, -0.2) is 18.9 Å². The lowest BCUT2D eigenvalue weighted by Gasteiger charge is -2.24. The Bertz CT molecular complexity index is 581. The number of carbonyl (C=O) groups excluding carboxylic acids is 1. The van der Waals surface area contributed by atoms with E-state index in [4.69, 9.17) is 0 Å². The van der Waals surface area contributed by atoms with Gasteiger partial charge in [-0.3, -0.25) is 4.79 Å². The molecule has 0 fully saturated rings. The van der Waals surface area contributed by atoms with Crippen molar-refractivity contribution in [3.63, 3.8) is 0 Å². The summed E-state index contributed by atoms with van der Waals surface area (Å²) in [4.78, 5) is 14.9. The maximum absolute atomic E-state index is 12.5. The zero-order valence-corrected chi connectivity index (χ0v) is 14.3. The normalized spacial score (nSPS) is 10.5. The van der Waals surface area contributed by atoms with Gasteiger partial charge in [0.25, 0.3) is 0 Å². The minimum Gasteiger partial charge on any atom is -0.372 e. The van der Waals surface area contributed by atoms with Crippen molar-refractivity contribution in [2.24, 2.45) is 0 Å². The first kappa shape index (κ1) is 17.3. The van der Waals surface area contributed by atoms with Gasteiger partial charge < -0.3 is 4.90 Å². The molecule has 2 heteroatoms. The molecule has 2 aromatic carbocycles. The van der Waals surface area contributed by atoms with Gasteiger partial charge in [0.05, 0.1) is 0 Å². The predicted octanol–water partition coefficient (Wildman–Crippen LogP) is 5.32. The van der Waals surface area contributed by atoms with Crippen LogP contribution in [-0.2, 0) is 0 Å². The van der Waals surface area contributed by atoms with Gasteiger partial charge >= 0.3 is 0 Å². The Kier molecular flexibility index (Phi) is 6.86. The van der Waals surface area contributed by atoms with Gasteiger partial charge in [0.2, 0.25) is 0 Å². The Balaban J connectivity index is 2.11. The van der Waals surface area contributed by atoms with E-state index < -0.39 is 0 Å². The molecular weight excluding hydrogens is 282 g/mol. The van der Waals surface area contributed by atoms with Gasteiger partial charge in [-0.25, -0.2) is 0 Å². The third-order valence-electron chi connectivity index (χ3n) is 4.09. The van der Waals surface area contributed by atoms with Crippen LogP contribution in [0, 0.1) is 0 Å². The van der Waals surface area contributed by atoms with Crippen LogP contribution in [0.4, 0.5) is 5.69 Å². The zero-order chi connectivity index (χ0) is 16.5. The summed E-state index contributed by atoms with van der Waals surface area (Å²) >= 11 is 0. The second-order valence-electron chi connectivity index (χ2n) is 5.94. The van der Waals surface area contributed by atoms with Crippen LogP contribution < -0.4 is 4.90 Å². The number of benzene rings is 2. The van der Waals surface area contributed by atoms with E-state index in [1.165, 1.54) is 31.4 Å². The Hall–Kier alpha value is -2.09. The van der Waals surface area contributed by atoms with Crippen LogP contribution >= 0.6 is 0 Å². The molecule has 0 amide bonds. The van der Waals surface area contributed by atoms with E-state index >= 15 is 0 Å². The first-order chi connectivity index (χ1) is 11.3. The molecule has 0 aliphatic carbocycles. The summed E-state index contributed by atoms with van der Waals surface area (Å²) in [7, 11) is 0. The molecule has 0 N–H and O–H groups in total. The van der Waals surface area contributed by atoms with Crippen molar-refractivity contribution in [1.82, 2.24) is 0 Å². The van der Waals surface area contributed by atoms with E-state index in [1.54, 1.807) is 0 Å². The molecule has 2 rings (SSSR count). The van der Waals surface area contributed by atoms with E-state index in [1.807, 2.05) is 42.5 Å². The molecule has 0 aliphatic rings. The monoisotopic (exact) mass is 309 g/mol. The van der Waals surface area contributed by atoms with Crippen molar-refractivity contribution in [3.8, 4) is 0 Å². The first-order valence-electron chi connectivity index (χ1n) is 8.71. The van der Waals surface area contributed by atoms with Gasteiger partial charge in [0.1, 0.15) is 0 Å². The quantitative estimate of drug-likeness (QED) is 0.584. The lowest BCUT2D eigenvalue weighted by atomic mass is 10.0. The van der Waals surface area contributed by atoms with Crippen molar-refractivity contribution in [2.45, 2.75) is 39.5 Å². The van der Waals surface area contributed by atoms with E-state index in [2.05, 4.69) is 30.9 Å². The number of hydrogen-bond acceptors (Lipinski definition) is 2. The Labute approximate surface area is 140 Å². The molecule has 0 heterocycles. The number of nitrogens with zero attached hydrogens (tertiary/aromatic N) is 1. The highest BCUT2D eigenvalue weighted by Crippen LogP contribution is 2.19. The number of hydrogen-bond donors (Lipinski definition) is 0. The summed E-state index contributed by atoms with van der Waals surface area (Å²) in [5.41, 5.74) is 2.72. The van der Waals surface area contributed by atoms with Crippen LogP contribution in [0.3, 0.4) is 0 Å². The third kappa shape index (κ3) is 4.95. The summed E-state index contributed by atoms with van der Waals surface area (Å²) < 4.78 is 0. The van der Waals surface area contributed by atoms with Gasteiger partial charge in [-0.15, -0.1) is 0 Å². The van der Waals surface area contributed by atoms with Crippen LogP contribution in [0.2, 0.25) is 0 Å². The molecule has 0 saturated carbocycles. The van der Waals surface area contributed by atoms with Crippen molar-refractivity contribution < 1.29 is 4.79 Å². The SMILES string of the molecule is CCCCN(CCCC)c1ccc(C(=O)c2ccccc2)cc1. The Morgan fingerprint density at radius 3 is 1.83 bits per heavy atom. The van der Waals surface area contributed by atoms with Gasteiger partial charge in [0, 0.05) is 29.9 Å². The third-order valence-corrected chi connectivity index (χ3v) is 4.09. The maximum Gasteiger partial charge on any atom is 0.193 e. The summed E-state index contributed by atoms with van der Waals surface area (Å²) in [5, 5.41) is 0. The van der Waals surface area contributed by atoms with Crippen LogP contribution in [0.15, 0.2) is 54.6 Å². The number of carbonyl (C=O) groups is 1. The van der Waals surface area contributed by atoms with Crippen LogP contribution in [0.1, 0.15) is 55.5 Å². The zero-order valence-electron chi connectivity index (χ0n) is 14.3. The van der Waals surface area contributed by atoms with Crippen molar-refractivity contribution in [2.75, 3.05) is 18.0 Å². The summed E-state index contributed by atoms with van der Waals surface area (Å²) in [6.45, 7) is 6.62. The van der Waals surface area contributed by atoms with Crippen molar-refractivity contribution >= 4 is 11.5 Å². The fraction of sp³-hybridized carbons (Fsp3) is 0.381. The molecule has 0 aliphatic heterocycles. The average molecular weight is 309 g/mol. The second kappa shape index (κ2) is 9.14. The molecule has 23 heavy (non-hydrogen) atoms. The van der Waals surface area contributed by atoms with E-state index in [0.717, 1.165) is 24.2 Å². The summed E-state index contributed by atoms with van der Waals surface area (Å²) in [5.74, 6) is 0.0887. The molecule has 0 spiro atoms. The fourth-order valence-corrected chi connectivity index (χ4v) is 2.65. The second-order valence-corrected chi connectivity index (χ2v) is 5.94. The number of ketones is 1. The molecule has 0 bridgehead atoms. The largest absolute Gasteiger partial charge is 0.372 e. The first-order valence-corrected chi connectivity index (χ1v) is 8.71. The van der Waals surface area contributed by atoms with E-state index in [-0.39, 0.29) is 5.78 Å². The van der Waals surface area contributed by atoms with Crippen molar-refractivity contribution in [1.29, 1.82) is 0 Å². The van der Waals surface area contributed by atoms with E-state index in [9.17, 15) is 4.79 Å². The lowest BCUT2D eigenvalue weighted by molar-refractivity contribution is 0.103. The minimum absolute atomic E-state index is 0.0887. The average Bonchev–Trinajstić information content (AvgIpc) is 2.62. The van der Waals surface area contributed by atoms with Crippen molar-refractivity contribution in [3.05, 3.63) is 65.7 Å². The summed E-state index contributed by atoms with van der Waals surface area (Å²) in [6.07, 6.45) is 4.81. The van der Waals surface area contributed by atoms with Crippen LogP contribution in [0.25, 0.3) is 0 Å². The lowest BCUT2D eigenvalue weighted by Crippen LogP contribution is -2.25. The molecule has 0 radical (unpaired) electrons. The minimum atomic E-state index is 0.0887. The Morgan fingerprint density at radius 2 is 1.30 bits per heavy atom. The number of unbranched alkanes of at least 4 members (excludes halogenated alkanes) is 2. The number of rotatable bonds is 9. The summed E-state index contributed by atoms with van der Waals surface area (Å²) in [6, 6.07) is 17.5. The molecule has 122 valence electrons. The molecule has 0 atom stereocenters. The van der Waals surface area contributed by atoms with Gasteiger partial charge in [-0.1, -0.05) is 57.0 Å².